The predicted molar refractivity (Wildman–Crippen MR) is 112 cm³/mol. The molecule has 0 spiro atoms. The monoisotopic (exact) mass is 397 g/mol. The number of likely N-dealkylation sites (tertiary alicyclic amines) is 1. The molecule has 2 aromatic carbocycles. The van der Waals surface area contributed by atoms with Gasteiger partial charge in [0.2, 0.25) is 5.91 Å². The number of hydrogen-bond acceptors (Lipinski definition) is 4. The van der Waals surface area contributed by atoms with Crippen molar-refractivity contribution in [1.29, 1.82) is 0 Å². The minimum absolute atomic E-state index is 0.132. The summed E-state index contributed by atoms with van der Waals surface area (Å²) in [6, 6.07) is 14.8. The van der Waals surface area contributed by atoms with Gasteiger partial charge in [-0.2, -0.15) is 0 Å². The Labute approximate surface area is 171 Å². The van der Waals surface area contributed by atoms with Crippen LogP contribution >= 0.6 is 11.8 Å². The zero-order valence-electron chi connectivity index (χ0n) is 16.5. The normalized spacial score (nSPS) is 18.5. The second-order valence-electron chi connectivity index (χ2n) is 7.66. The Hall–Kier alpha value is -2.14. The van der Waals surface area contributed by atoms with Gasteiger partial charge in [-0.05, 0) is 54.2 Å². The Bertz CT molecular complexity index is 834. The molecule has 0 aromatic heterocycles. The topological polar surface area (TPSA) is 38.8 Å². The van der Waals surface area contributed by atoms with Crippen molar-refractivity contribution in [2.45, 2.75) is 43.5 Å². The highest BCUT2D eigenvalue weighted by Crippen LogP contribution is 2.38. The van der Waals surface area contributed by atoms with Gasteiger partial charge in [-0.25, -0.2) is 0 Å². The molecule has 1 saturated heterocycles. The highest BCUT2D eigenvalue weighted by Gasteiger charge is 2.30. The summed E-state index contributed by atoms with van der Waals surface area (Å²) < 4.78 is 11.3. The minimum Gasteiger partial charge on any atom is -0.486 e. The van der Waals surface area contributed by atoms with Crippen molar-refractivity contribution in [2.24, 2.45) is 0 Å². The summed E-state index contributed by atoms with van der Waals surface area (Å²) in [6.45, 7) is 6.38. The summed E-state index contributed by atoms with van der Waals surface area (Å²) in [5.74, 6) is 2.79. The van der Waals surface area contributed by atoms with Crippen LogP contribution in [0.15, 0.2) is 47.4 Å². The molecule has 0 bridgehead atoms. The smallest absolute Gasteiger partial charge is 0.233 e. The molecule has 0 N–H and O–H groups in total. The van der Waals surface area contributed by atoms with Crippen LogP contribution in [0.2, 0.25) is 0 Å². The van der Waals surface area contributed by atoms with E-state index in [1.165, 1.54) is 5.56 Å². The van der Waals surface area contributed by atoms with Crippen LogP contribution < -0.4 is 9.47 Å². The van der Waals surface area contributed by atoms with E-state index in [0.29, 0.717) is 24.9 Å². The van der Waals surface area contributed by atoms with Gasteiger partial charge in [0, 0.05) is 11.4 Å². The zero-order valence-corrected chi connectivity index (χ0v) is 17.3. The Balaban J connectivity index is 1.41. The van der Waals surface area contributed by atoms with Crippen LogP contribution in [-0.4, -0.2) is 36.3 Å². The molecule has 2 heterocycles. The molecule has 5 heteroatoms. The maximum atomic E-state index is 12.9. The number of hydrogen-bond donors (Lipinski definition) is 0. The van der Waals surface area contributed by atoms with Gasteiger partial charge in [0.1, 0.15) is 13.2 Å². The van der Waals surface area contributed by atoms with E-state index in [1.807, 2.05) is 17.0 Å². The molecule has 148 valence electrons. The highest BCUT2D eigenvalue weighted by molar-refractivity contribution is 8.00. The van der Waals surface area contributed by atoms with Crippen LogP contribution in [0.5, 0.6) is 11.5 Å². The number of fused-ring (bicyclic) bond motifs is 1. The first-order chi connectivity index (χ1) is 13.6. The molecule has 0 saturated carbocycles. The van der Waals surface area contributed by atoms with Gasteiger partial charge in [0.25, 0.3) is 0 Å². The third-order valence-electron chi connectivity index (χ3n) is 5.43. The van der Waals surface area contributed by atoms with Gasteiger partial charge in [-0.3, -0.25) is 4.79 Å². The van der Waals surface area contributed by atoms with Crippen molar-refractivity contribution < 1.29 is 14.3 Å². The van der Waals surface area contributed by atoms with Crippen molar-refractivity contribution in [3.05, 3.63) is 53.6 Å². The molecule has 2 aliphatic heterocycles. The van der Waals surface area contributed by atoms with Crippen LogP contribution in [0, 0.1) is 0 Å². The summed E-state index contributed by atoms with van der Waals surface area (Å²) in [5.41, 5.74) is 2.47. The van der Waals surface area contributed by atoms with Gasteiger partial charge in [0.05, 0.1) is 11.8 Å². The maximum absolute atomic E-state index is 12.9. The minimum atomic E-state index is 0.132. The average Bonchev–Trinajstić information content (AvgIpc) is 3.22. The number of benzene rings is 2. The summed E-state index contributed by atoms with van der Waals surface area (Å²) >= 11 is 1.62. The fraction of sp³-hybridized carbons (Fsp3) is 0.435. The third-order valence-corrected chi connectivity index (χ3v) is 6.43. The standard InChI is InChI=1S/C23H27NO3S/c1-16(2)17-5-8-19(9-6-17)28-15-23(25)24-11-3-4-20(24)18-7-10-21-22(14-18)27-13-12-26-21/h5-10,14,16,20H,3-4,11-13,15H2,1-2H3. The fourth-order valence-electron chi connectivity index (χ4n) is 3.86. The number of amides is 1. The molecule has 1 atom stereocenters. The summed E-state index contributed by atoms with van der Waals surface area (Å²) in [7, 11) is 0. The molecule has 28 heavy (non-hydrogen) atoms. The van der Waals surface area contributed by atoms with E-state index in [-0.39, 0.29) is 11.9 Å². The first kappa shape index (κ1) is 19.2. The maximum Gasteiger partial charge on any atom is 0.233 e. The second kappa shape index (κ2) is 8.48. The lowest BCUT2D eigenvalue weighted by Gasteiger charge is -2.26. The van der Waals surface area contributed by atoms with Gasteiger partial charge >= 0.3 is 0 Å². The lowest BCUT2D eigenvalue weighted by molar-refractivity contribution is -0.129. The van der Waals surface area contributed by atoms with Gasteiger partial charge in [0.15, 0.2) is 11.5 Å². The summed E-state index contributed by atoms with van der Waals surface area (Å²) in [6.07, 6.45) is 2.04. The van der Waals surface area contributed by atoms with E-state index in [9.17, 15) is 4.79 Å². The molecule has 1 fully saturated rings. The van der Waals surface area contributed by atoms with E-state index >= 15 is 0 Å². The SMILES string of the molecule is CC(C)c1ccc(SCC(=O)N2CCCC2c2ccc3c(c2)OCCO3)cc1. The summed E-state index contributed by atoms with van der Waals surface area (Å²) in [5, 5.41) is 0. The van der Waals surface area contributed by atoms with Crippen molar-refractivity contribution >= 4 is 17.7 Å². The Morgan fingerprint density at radius 3 is 2.61 bits per heavy atom. The van der Waals surface area contributed by atoms with Crippen LogP contribution in [0.4, 0.5) is 0 Å². The Morgan fingerprint density at radius 2 is 1.86 bits per heavy atom. The fourth-order valence-corrected chi connectivity index (χ4v) is 4.64. The van der Waals surface area contributed by atoms with Crippen LogP contribution in [0.1, 0.15) is 49.8 Å². The number of carbonyl (C=O) groups excluding carboxylic acids is 1. The highest BCUT2D eigenvalue weighted by atomic mass is 32.2. The largest absolute Gasteiger partial charge is 0.486 e. The number of rotatable bonds is 5. The number of nitrogens with zero attached hydrogens (tertiary/aromatic N) is 1. The second-order valence-corrected chi connectivity index (χ2v) is 8.71. The van der Waals surface area contributed by atoms with Crippen LogP contribution in [-0.2, 0) is 4.79 Å². The molecular weight excluding hydrogens is 370 g/mol. The molecule has 1 amide bonds. The van der Waals surface area contributed by atoms with E-state index in [4.69, 9.17) is 9.47 Å². The average molecular weight is 398 g/mol. The summed E-state index contributed by atoms with van der Waals surface area (Å²) in [4.78, 5) is 16.1. The van der Waals surface area contributed by atoms with Gasteiger partial charge in [-0.15, -0.1) is 11.8 Å². The van der Waals surface area contributed by atoms with E-state index < -0.39 is 0 Å². The number of carbonyl (C=O) groups is 1. The molecule has 4 nitrogen and oxygen atoms in total. The van der Waals surface area contributed by atoms with Crippen molar-refractivity contribution in [2.75, 3.05) is 25.5 Å². The molecule has 2 aromatic rings. The van der Waals surface area contributed by atoms with Crippen molar-refractivity contribution in [3.8, 4) is 11.5 Å². The molecule has 0 aliphatic carbocycles. The van der Waals surface area contributed by atoms with Gasteiger partial charge < -0.3 is 14.4 Å². The first-order valence-corrected chi connectivity index (χ1v) is 11.0. The predicted octanol–water partition coefficient (Wildman–Crippen LogP) is 5.04. The Morgan fingerprint density at radius 1 is 1.11 bits per heavy atom. The third kappa shape index (κ3) is 4.14. The first-order valence-electron chi connectivity index (χ1n) is 10.0. The lowest BCUT2D eigenvalue weighted by Crippen LogP contribution is -2.32. The molecule has 2 aliphatic rings. The van der Waals surface area contributed by atoms with Crippen LogP contribution in [0.25, 0.3) is 0 Å². The van der Waals surface area contributed by atoms with Crippen molar-refractivity contribution in [3.63, 3.8) is 0 Å². The Kier molecular flexibility index (Phi) is 5.81. The van der Waals surface area contributed by atoms with Crippen LogP contribution in [0.3, 0.4) is 0 Å². The molecule has 0 radical (unpaired) electrons. The number of thioether (sulfide) groups is 1. The lowest BCUT2D eigenvalue weighted by atomic mass is 10.0. The quantitative estimate of drug-likeness (QED) is 0.663. The molecule has 1 unspecified atom stereocenters. The molecular formula is C23H27NO3S. The number of ether oxygens (including phenoxy) is 2. The van der Waals surface area contributed by atoms with E-state index in [1.54, 1.807) is 11.8 Å². The van der Waals surface area contributed by atoms with E-state index in [2.05, 4.69) is 44.2 Å². The molecule has 4 rings (SSSR count). The van der Waals surface area contributed by atoms with Crippen molar-refractivity contribution in [1.82, 2.24) is 4.90 Å². The van der Waals surface area contributed by atoms with E-state index in [0.717, 1.165) is 41.3 Å². The zero-order chi connectivity index (χ0) is 19.5. The van der Waals surface area contributed by atoms with Gasteiger partial charge in [-0.1, -0.05) is 32.0 Å².